The summed E-state index contributed by atoms with van der Waals surface area (Å²) in [5.74, 6) is -5.70. The van der Waals surface area contributed by atoms with E-state index in [-0.39, 0.29) is 43.1 Å². The number of aliphatic carboxylic acids is 1. The number of nitrogens with one attached hydrogen (secondary N) is 5. The predicted molar refractivity (Wildman–Crippen MR) is 185 cm³/mol. The smallest absolute Gasteiger partial charge is 0.407 e. The van der Waals surface area contributed by atoms with E-state index in [0.717, 1.165) is 32.1 Å². The van der Waals surface area contributed by atoms with Crippen molar-refractivity contribution in [3.05, 3.63) is 35.9 Å². The van der Waals surface area contributed by atoms with Crippen molar-refractivity contribution in [3.8, 4) is 0 Å². The summed E-state index contributed by atoms with van der Waals surface area (Å²) in [6, 6.07) is 3.36. The Morgan fingerprint density at radius 3 is 1.88 bits per heavy atom. The van der Waals surface area contributed by atoms with Crippen LogP contribution in [-0.2, 0) is 33.5 Å². The van der Waals surface area contributed by atoms with Crippen LogP contribution in [0.1, 0.15) is 98.1 Å². The van der Waals surface area contributed by atoms with E-state index in [0.29, 0.717) is 5.56 Å². The van der Waals surface area contributed by atoms with Gasteiger partial charge in [-0.25, -0.2) is 9.59 Å². The molecule has 2 rings (SSSR count). The summed E-state index contributed by atoms with van der Waals surface area (Å²) in [7, 11) is 0. The van der Waals surface area contributed by atoms with E-state index in [1.54, 1.807) is 32.0 Å². The van der Waals surface area contributed by atoms with Crippen molar-refractivity contribution in [2.75, 3.05) is 13.2 Å². The summed E-state index contributed by atoms with van der Waals surface area (Å²) in [5, 5.41) is 22.2. The van der Waals surface area contributed by atoms with Gasteiger partial charge in [-0.15, -0.1) is 0 Å². The Hall–Kier alpha value is -4.49. The largest absolute Gasteiger partial charge is 0.479 e. The fourth-order valence-electron chi connectivity index (χ4n) is 5.77. The number of Topliss-reactive ketones (excluding diaryl/α,β-unsaturated/α-hetero) is 1. The summed E-state index contributed by atoms with van der Waals surface area (Å²) in [6.07, 6.45) is 3.89. The molecule has 3 unspecified atom stereocenters. The number of carboxylic acids is 1. The van der Waals surface area contributed by atoms with Crippen LogP contribution in [0.2, 0.25) is 0 Å². The Balaban J connectivity index is 2.14. The lowest BCUT2D eigenvalue weighted by Gasteiger charge is -2.31. The van der Waals surface area contributed by atoms with Crippen molar-refractivity contribution in [1.82, 2.24) is 26.6 Å². The first-order valence-electron chi connectivity index (χ1n) is 17.5. The van der Waals surface area contributed by atoms with Crippen LogP contribution < -0.4 is 26.6 Å². The van der Waals surface area contributed by atoms with Gasteiger partial charge in [0.25, 0.3) is 5.91 Å². The standard InChI is InChI=1S/C36H55N5O9/c1-21(2)17-26(31(43)34(46)37-19-28(42)40-30(35(47)48)25-15-11-8-12-16-25)38-32(44)27(18-22(3)4)39-33(45)29(24-13-9-7-10-14-24)41-36(49)50-20-23(5)6/h8,11-12,15-16,21-24,26-27,29-30H,7,9-10,13-14,17-20H2,1-6H3,(H,37,46)(H,38,44)(H,39,45)(H,40,42)(H,41,49)(H,47,48)/t26?,27-,29?,30?/m0/s1. The van der Waals surface area contributed by atoms with Gasteiger partial charge < -0.3 is 36.4 Å². The van der Waals surface area contributed by atoms with Crippen LogP contribution in [0.4, 0.5) is 4.79 Å². The molecule has 1 aromatic carbocycles. The SMILES string of the molecule is CC(C)COC(=O)NC(C(=O)N[C@@H](CC(C)C)C(=O)NC(CC(C)C)C(=O)C(=O)NCC(=O)NC(C(=O)O)c1ccccc1)C1CCCCC1. The fourth-order valence-corrected chi connectivity index (χ4v) is 5.77. The fraction of sp³-hybridized carbons (Fsp3) is 0.639. The maximum Gasteiger partial charge on any atom is 0.407 e. The van der Waals surface area contributed by atoms with Crippen LogP contribution in [0.25, 0.3) is 0 Å². The molecule has 6 N–H and O–H groups in total. The van der Waals surface area contributed by atoms with Crippen molar-refractivity contribution < 1.29 is 43.4 Å². The zero-order chi connectivity index (χ0) is 37.4. The van der Waals surface area contributed by atoms with Crippen molar-refractivity contribution in [1.29, 1.82) is 0 Å². The molecule has 0 aromatic heterocycles. The minimum Gasteiger partial charge on any atom is -0.479 e. The average Bonchev–Trinajstić information content (AvgIpc) is 3.06. The molecular formula is C36H55N5O9. The highest BCUT2D eigenvalue weighted by atomic mass is 16.5. The lowest BCUT2D eigenvalue weighted by molar-refractivity contribution is -0.142. The third-order valence-corrected chi connectivity index (χ3v) is 8.22. The van der Waals surface area contributed by atoms with Gasteiger partial charge in [0, 0.05) is 0 Å². The molecule has 1 aromatic rings. The highest BCUT2D eigenvalue weighted by molar-refractivity contribution is 6.38. The molecule has 14 heteroatoms. The molecule has 4 atom stereocenters. The minimum absolute atomic E-state index is 0.0466. The lowest BCUT2D eigenvalue weighted by atomic mass is 9.83. The first kappa shape index (κ1) is 41.7. The van der Waals surface area contributed by atoms with E-state index < -0.39 is 72.2 Å². The van der Waals surface area contributed by atoms with E-state index in [2.05, 4.69) is 26.6 Å². The monoisotopic (exact) mass is 701 g/mol. The molecule has 0 aliphatic heterocycles. The molecule has 1 fully saturated rings. The van der Waals surface area contributed by atoms with Crippen LogP contribution in [0.3, 0.4) is 0 Å². The topological polar surface area (TPSA) is 209 Å². The summed E-state index contributed by atoms with van der Waals surface area (Å²) >= 11 is 0. The maximum atomic E-state index is 13.7. The summed E-state index contributed by atoms with van der Waals surface area (Å²) < 4.78 is 5.28. The van der Waals surface area contributed by atoms with Gasteiger partial charge in [-0.3, -0.25) is 24.0 Å². The zero-order valence-corrected chi connectivity index (χ0v) is 30.1. The number of carboxylic acid groups (broad SMARTS) is 1. The lowest BCUT2D eigenvalue weighted by Crippen LogP contribution is -2.58. The van der Waals surface area contributed by atoms with Gasteiger partial charge in [-0.1, -0.05) is 91.1 Å². The summed E-state index contributed by atoms with van der Waals surface area (Å²) in [5.41, 5.74) is 0.324. The van der Waals surface area contributed by atoms with E-state index in [1.165, 1.54) is 12.1 Å². The number of carbonyl (C=O) groups excluding carboxylic acids is 6. The molecule has 0 bridgehead atoms. The molecule has 1 saturated carbocycles. The molecule has 0 heterocycles. The summed E-state index contributed by atoms with van der Waals surface area (Å²) in [4.78, 5) is 90.5. The Labute approximate surface area is 294 Å². The quantitative estimate of drug-likeness (QED) is 0.117. The molecular weight excluding hydrogens is 646 g/mol. The van der Waals surface area contributed by atoms with Crippen molar-refractivity contribution in [3.63, 3.8) is 0 Å². The van der Waals surface area contributed by atoms with Crippen molar-refractivity contribution in [2.24, 2.45) is 23.7 Å². The Morgan fingerprint density at radius 1 is 0.740 bits per heavy atom. The second kappa shape index (κ2) is 20.9. The number of rotatable bonds is 19. The second-order valence-electron chi connectivity index (χ2n) is 14.2. The van der Waals surface area contributed by atoms with Crippen LogP contribution >= 0.6 is 0 Å². The number of amides is 5. The highest BCUT2D eigenvalue weighted by Crippen LogP contribution is 2.27. The first-order chi connectivity index (χ1) is 23.6. The van der Waals surface area contributed by atoms with Gasteiger partial charge in [-0.2, -0.15) is 0 Å². The van der Waals surface area contributed by atoms with E-state index in [4.69, 9.17) is 4.74 Å². The molecule has 50 heavy (non-hydrogen) atoms. The normalized spacial score (nSPS) is 15.7. The van der Waals surface area contributed by atoms with E-state index in [9.17, 15) is 38.7 Å². The zero-order valence-electron chi connectivity index (χ0n) is 30.1. The average molecular weight is 702 g/mol. The third kappa shape index (κ3) is 14.6. The molecule has 0 spiro atoms. The van der Waals surface area contributed by atoms with E-state index in [1.807, 2.05) is 27.7 Å². The van der Waals surface area contributed by atoms with Crippen molar-refractivity contribution >= 4 is 41.5 Å². The summed E-state index contributed by atoms with van der Waals surface area (Å²) in [6.45, 7) is 10.7. The predicted octanol–water partition coefficient (Wildman–Crippen LogP) is 3.01. The second-order valence-corrected chi connectivity index (χ2v) is 14.2. The van der Waals surface area contributed by atoms with Gasteiger partial charge >= 0.3 is 12.1 Å². The number of ketones is 1. The Bertz CT molecular complexity index is 1310. The molecule has 1 aliphatic rings. The minimum atomic E-state index is -1.36. The van der Waals surface area contributed by atoms with Crippen LogP contribution in [-0.4, -0.2) is 77.9 Å². The molecule has 0 saturated heterocycles. The molecule has 278 valence electrons. The first-order valence-corrected chi connectivity index (χ1v) is 17.5. The molecule has 1 aliphatic carbocycles. The van der Waals surface area contributed by atoms with Crippen molar-refractivity contribution in [2.45, 2.75) is 111 Å². The maximum absolute atomic E-state index is 13.7. The van der Waals surface area contributed by atoms with Gasteiger partial charge in [0.1, 0.15) is 12.1 Å². The van der Waals surface area contributed by atoms with E-state index >= 15 is 0 Å². The van der Waals surface area contributed by atoms with Crippen LogP contribution in [0, 0.1) is 23.7 Å². The molecule has 14 nitrogen and oxygen atoms in total. The van der Waals surface area contributed by atoms with Crippen LogP contribution in [0.5, 0.6) is 0 Å². The van der Waals surface area contributed by atoms with Gasteiger partial charge in [0.2, 0.25) is 23.5 Å². The third-order valence-electron chi connectivity index (χ3n) is 8.22. The van der Waals surface area contributed by atoms with Gasteiger partial charge in [0.15, 0.2) is 6.04 Å². The number of hydrogen-bond acceptors (Lipinski definition) is 8. The number of ether oxygens (including phenoxy) is 1. The Morgan fingerprint density at radius 2 is 1.32 bits per heavy atom. The molecule has 0 radical (unpaired) electrons. The molecule has 5 amide bonds. The Kier molecular flexibility index (Phi) is 17.4. The van der Waals surface area contributed by atoms with Crippen LogP contribution in [0.15, 0.2) is 30.3 Å². The number of hydrogen-bond donors (Lipinski definition) is 6. The van der Waals surface area contributed by atoms with Gasteiger partial charge in [-0.05, 0) is 54.9 Å². The van der Waals surface area contributed by atoms with Gasteiger partial charge in [0.05, 0.1) is 19.2 Å². The number of benzene rings is 1. The number of alkyl carbamates (subject to hydrolysis) is 1. The number of carbonyl (C=O) groups is 7. The highest BCUT2D eigenvalue weighted by Gasteiger charge is 2.36.